The molecule has 0 saturated heterocycles. The van der Waals surface area contributed by atoms with Gasteiger partial charge in [0.05, 0.1) is 0 Å². The fourth-order valence-electron chi connectivity index (χ4n) is 1.58. The summed E-state index contributed by atoms with van der Waals surface area (Å²) in [6.45, 7) is 6.38. The van der Waals surface area contributed by atoms with Gasteiger partial charge in [-0.05, 0) is 49.9 Å². The highest BCUT2D eigenvalue weighted by molar-refractivity contribution is 6.30. The molecule has 0 radical (unpaired) electrons. The maximum Gasteiger partial charge on any atom is 0.319 e. The molecule has 1 rings (SSSR count). The first-order valence-electron chi connectivity index (χ1n) is 6.30. The number of halogens is 1. The Kier molecular flexibility index (Phi) is 5.99. The minimum Gasteiger partial charge on any atom is -0.335 e. The SMILES string of the molecule is CC(C)CCC(C)NC(=O)Nc1ccc(Cl)cc1. The summed E-state index contributed by atoms with van der Waals surface area (Å²) in [6.07, 6.45) is 2.11. The maximum atomic E-state index is 11.7. The van der Waals surface area contributed by atoms with Gasteiger partial charge in [0.2, 0.25) is 0 Å². The first kappa shape index (κ1) is 14.8. The van der Waals surface area contributed by atoms with Crippen molar-refractivity contribution in [1.29, 1.82) is 0 Å². The van der Waals surface area contributed by atoms with Gasteiger partial charge < -0.3 is 10.6 Å². The molecule has 0 aliphatic heterocycles. The highest BCUT2D eigenvalue weighted by Crippen LogP contribution is 2.13. The average Bonchev–Trinajstić information content (AvgIpc) is 2.29. The molecule has 1 aromatic rings. The number of hydrogen-bond acceptors (Lipinski definition) is 1. The lowest BCUT2D eigenvalue weighted by Gasteiger charge is -2.15. The van der Waals surface area contributed by atoms with Crippen LogP contribution in [0.2, 0.25) is 5.02 Å². The van der Waals surface area contributed by atoms with Crippen LogP contribution in [0, 0.1) is 5.92 Å². The Morgan fingerprint density at radius 3 is 2.33 bits per heavy atom. The topological polar surface area (TPSA) is 41.1 Å². The quantitative estimate of drug-likeness (QED) is 0.822. The van der Waals surface area contributed by atoms with Gasteiger partial charge >= 0.3 is 6.03 Å². The summed E-state index contributed by atoms with van der Waals surface area (Å²) in [5, 5.41) is 6.35. The van der Waals surface area contributed by atoms with Crippen LogP contribution in [0.15, 0.2) is 24.3 Å². The van der Waals surface area contributed by atoms with E-state index in [2.05, 4.69) is 24.5 Å². The molecule has 18 heavy (non-hydrogen) atoms. The zero-order valence-electron chi connectivity index (χ0n) is 11.2. The van der Waals surface area contributed by atoms with E-state index in [4.69, 9.17) is 11.6 Å². The average molecular weight is 269 g/mol. The monoisotopic (exact) mass is 268 g/mol. The molecule has 0 bridgehead atoms. The number of carbonyl (C=O) groups excluding carboxylic acids is 1. The predicted octanol–water partition coefficient (Wildman–Crippen LogP) is 4.29. The van der Waals surface area contributed by atoms with Crippen molar-refractivity contribution in [2.45, 2.75) is 39.7 Å². The van der Waals surface area contributed by atoms with Crippen LogP contribution in [0.5, 0.6) is 0 Å². The van der Waals surface area contributed by atoms with Crippen molar-refractivity contribution in [3.8, 4) is 0 Å². The summed E-state index contributed by atoms with van der Waals surface area (Å²) in [7, 11) is 0. The summed E-state index contributed by atoms with van der Waals surface area (Å²) in [4.78, 5) is 11.7. The fourth-order valence-corrected chi connectivity index (χ4v) is 1.71. The molecule has 0 heterocycles. The molecule has 1 aromatic carbocycles. The van der Waals surface area contributed by atoms with Gasteiger partial charge in [0.1, 0.15) is 0 Å². The largest absolute Gasteiger partial charge is 0.335 e. The number of carbonyl (C=O) groups is 1. The van der Waals surface area contributed by atoms with E-state index in [1.807, 2.05) is 6.92 Å². The van der Waals surface area contributed by atoms with Crippen LogP contribution in [0.1, 0.15) is 33.6 Å². The van der Waals surface area contributed by atoms with Crippen LogP contribution < -0.4 is 10.6 Å². The van der Waals surface area contributed by atoms with Crippen LogP contribution in [0.25, 0.3) is 0 Å². The Bertz CT molecular complexity index is 376. The van der Waals surface area contributed by atoms with Gasteiger partial charge in [0.25, 0.3) is 0 Å². The van der Waals surface area contributed by atoms with E-state index in [0.29, 0.717) is 10.9 Å². The Morgan fingerprint density at radius 1 is 1.17 bits per heavy atom. The van der Waals surface area contributed by atoms with E-state index < -0.39 is 0 Å². The van der Waals surface area contributed by atoms with Gasteiger partial charge in [-0.3, -0.25) is 0 Å². The van der Waals surface area contributed by atoms with Crippen molar-refractivity contribution in [2.24, 2.45) is 5.92 Å². The normalized spacial score (nSPS) is 12.3. The summed E-state index contributed by atoms with van der Waals surface area (Å²) in [6, 6.07) is 7.06. The number of amides is 2. The van der Waals surface area contributed by atoms with Gasteiger partial charge in [0, 0.05) is 16.8 Å². The lowest BCUT2D eigenvalue weighted by molar-refractivity contribution is 0.248. The molecule has 0 fully saturated rings. The molecular weight excluding hydrogens is 248 g/mol. The number of nitrogens with one attached hydrogen (secondary N) is 2. The smallest absolute Gasteiger partial charge is 0.319 e. The van der Waals surface area contributed by atoms with Gasteiger partial charge in [-0.1, -0.05) is 25.4 Å². The highest BCUT2D eigenvalue weighted by atomic mass is 35.5. The molecule has 4 heteroatoms. The van der Waals surface area contributed by atoms with Crippen molar-refractivity contribution >= 4 is 23.3 Å². The van der Waals surface area contributed by atoms with Crippen LogP contribution in [-0.4, -0.2) is 12.1 Å². The Hall–Kier alpha value is -1.22. The Labute approximate surface area is 114 Å². The van der Waals surface area contributed by atoms with Crippen LogP contribution in [0.3, 0.4) is 0 Å². The van der Waals surface area contributed by atoms with Gasteiger partial charge in [-0.15, -0.1) is 0 Å². The zero-order valence-corrected chi connectivity index (χ0v) is 11.9. The van der Waals surface area contributed by atoms with Gasteiger partial charge in [-0.25, -0.2) is 4.79 Å². The van der Waals surface area contributed by atoms with Crippen molar-refractivity contribution in [2.75, 3.05) is 5.32 Å². The van der Waals surface area contributed by atoms with Crippen LogP contribution in [0.4, 0.5) is 10.5 Å². The van der Waals surface area contributed by atoms with E-state index >= 15 is 0 Å². The molecule has 2 N–H and O–H groups in total. The van der Waals surface area contributed by atoms with Gasteiger partial charge in [-0.2, -0.15) is 0 Å². The second-order valence-electron chi connectivity index (χ2n) is 4.98. The number of urea groups is 1. The molecule has 0 spiro atoms. The Balaban J connectivity index is 2.34. The highest BCUT2D eigenvalue weighted by Gasteiger charge is 2.08. The first-order valence-corrected chi connectivity index (χ1v) is 6.68. The second-order valence-corrected chi connectivity index (χ2v) is 5.41. The molecule has 3 nitrogen and oxygen atoms in total. The van der Waals surface area contributed by atoms with Gasteiger partial charge in [0.15, 0.2) is 0 Å². The summed E-state index contributed by atoms with van der Waals surface area (Å²) < 4.78 is 0. The third kappa shape index (κ3) is 5.92. The van der Waals surface area contributed by atoms with E-state index in [1.165, 1.54) is 0 Å². The molecular formula is C14H21ClN2O. The van der Waals surface area contributed by atoms with Crippen molar-refractivity contribution in [3.05, 3.63) is 29.3 Å². The minimum absolute atomic E-state index is 0.173. The van der Waals surface area contributed by atoms with E-state index in [9.17, 15) is 4.79 Å². The van der Waals surface area contributed by atoms with Crippen molar-refractivity contribution < 1.29 is 4.79 Å². The fraction of sp³-hybridized carbons (Fsp3) is 0.500. The minimum atomic E-state index is -0.173. The van der Waals surface area contributed by atoms with Crippen molar-refractivity contribution in [1.82, 2.24) is 5.32 Å². The lowest BCUT2D eigenvalue weighted by atomic mass is 10.0. The van der Waals surface area contributed by atoms with Crippen LogP contribution in [-0.2, 0) is 0 Å². The Morgan fingerprint density at radius 2 is 1.78 bits per heavy atom. The number of anilines is 1. The van der Waals surface area contributed by atoms with Crippen LogP contribution >= 0.6 is 11.6 Å². The lowest BCUT2D eigenvalue weighted by Crippen LogP contribution is -2.36. The van der Waals surface area contributed by atoms with E-state index in [1.54, 1.807) is 24.3 Å². The molecule has 1 unspecified atom stereocenters. The molecule has 1 atom stereocenters. The summed E-state index contributed by atoms with van der Waals surface area (Å²) in [5.41, 5.74) is 0.743. The molecule has 0 saturated carbocycles. The first-order chi connectivity index (χ1) is 8.47. The third-order valence-corrected chi connectivity index (χ3v) is 2.91. The third-order valence-electron chi connectivity index (χ3n) is 2.66. The van der Waals surface area contributed by atoms with E-state index in [0.717, 1.165) is 18.5 Å². The van der Waals surface area contributed by atoms with Crippen molar-refractivity contribution in [3.63, 3.8) is 0 Å². The molecule has 2 amide bonds. The number of hydrogen-bond donors (Lipinski definition) is 2. The summed E-state index contributed by atoms with van der Waals surface area (Å²) >= 11 is 5.78. The standard InChI is InChI=1S/C14H21ClN2O/c1-10(2)4-5-11(3)16-14(18)17-13-8-6-12(15)7-9-13/h6-11H,4-5H2,1-3H3,(H2,16,17,18). The zero-order chi connectivity index (χ0) is 13.5. The number of rotatable bonds is 5. The summed E-state index contributed by atoms with van der Waals surface area (Å²) in [5.74, 6) is 0.661. The molecule has 0 aromatic heterocycles. The maximum absolute atomic E-state index is 11.7. The molecule has 0 aliphatic carbocycles. The predicted molar refractivity (Wildman–Crippen MR) is 77.1 cm³/mol. The molecule has 100 valence electrons. The number of benzene rings is 1. The van der Waals surface area contributed by atoms with E-state index in [-0.39, 0.29) is 12.1 Å². The second kappa shape index (κ2) is 7.27. The molecule has 0 aliphatic rings.